The second-order valence-electron chi connectivity index (χ2n) is 7.55. The molecule has 7 heteroatoms. The Kier molecular flexibility index (Phi) is 7.69. The molecule has 0 saturated heterocycles. The van der Waals surface area contributed by atoms with Crippen LogP contribution in [0.1, 0.15) is 52.0 Å². The zero-order valence-corrected chi connectivity index (χ0v) is 18.8. The van der Waals surface area contributed by atoms with Crippen LogP contribution in [-0.2, 0) is 10.0 Å². The molecule has 28 heavy (non-hydrogen) atoms. The maximum atomic E-state index is 12.4. The maximum Gasteiger partial charge on any atom is 0.236 e. The molecule has 1 aromatic heterocycles. The summed E-state index contributed by atoms with van der Waals surface area (Å²) in [5.74, 6) is 0. The van der Waals surface area contributed by atoms with Gasteiger partial charge in [-0.05, 0) is 74.3 Å². The average molecular weight is 420 g/mol. The Hall–Kier alpha value is -1.83. The fourth-order valence-corrected chi connectivity index (χ4v) is 5.00. The van der Waals surface area contributed by atoms with Crippen molar-refractivity contribution < 1.29 is 8.42 Å². The van der Waals surface area contributed by atoms with Crippen molar-refractivity contribution in [2.45, 2.75) is 47.0 Å². The Morgan fingerprint density at radius 1 is 1.25 bits per heavy atom. The van der Waals surface area contributed by atoms with E-state index in [0.717, 1.165) is 34.6 Å². The molecule has 1 N–H and O–H groups in total. The van der Waals surface area contributed by atoms with Crippen LogP contribution >= 0.6 is 11.5 Å². The van der Waals surface area contributed by atoms with Crippen molar-refractivity contribution in [2.75, 3.05) is 7.05 Å². The minimum absolute atomic E-state index is 0.162. The molecule has 0 unspecified atom stereocenters. The lowest BCUT2D eigenvalue weighted by Crippen LogP contribution is -2.28. The largest absolute Gasteiger partial charge is 0.236 e. The molecule has 5 nitrogen and oxygen atoms in total. The lowest BCUT2D eigenvalue weighted by molar-refractivity contribution is 0.381. The summed E-state index contributed by atoms with van der Waals surface area (Å²) in [6, 6.07) is 0. The SMILES string of the molecule is CNS(=O)(=O)C1=C(/C=C/C(C)=C/C=C/C(C)=C/c2ncns2)C(C)(C)CCC1. The first-order chi connectivity index (χ1) is 13.2. The molecule has 1 aliphatic carbocycles. The first kappa shape index (κ1) is 22.5. The summed E-state index contributed by atoms with van der Waals surface area (Å²) in [7, 11) is -1.94. The molecule has 152 valence electrons. The molecule has 0 amide bonds. The average Bonchev–Trinajstić information content (AvgIpc) is 3.12. The van der Waals surface area contributed by atoms with Gasteiger partial charge >= 0.3 is 0 Å². The Bertz CT molecular complexity index is 932. The van der Waals surface area contributed by atoms with Crippen LogP contribution in [-0.4, -0.2) is 24.8 Å². The molecule has 0 aromatic carbocycles. The molecule has 1 heterocycles. The van der Waals surface area contributed by atoms with E-state index in [1.807, 2.05) is 50.3 Å². The second kappa shape index (κ2) is 9.58. The molecule has 0 saturated carbocycles. The van der Waals surface area contributed by atoms with Crippen LogP contribution in [0.15, 0.2) is 58.3 Å². The van der Waals surface area contributed by atoms with Gasteiger partial charge < -0.3 is 0 Å². The van der Waals surface area contributed by atoms with Gasteiger partial charge in [-0.25, -0.2) is 18.1 Å². The third kappa shape index (κ3) is 6.09. The van der Waals surface area contributed by atoms with Crippen LogP contribution in [0.5, 0.6) is 0 Å². The maximum absolute atomic E-state index is 12.4. The molecule has 0 spiro atoms. The summed E-state index contributed by atoms with van der Waals surface area (Å²) in [5.41, 5.74) is 2.88. The molecule has 0 atom stereocenters. The topological polar surface area (TPSA) is 72.0 Å². The van der Waals surface area contributed by atoms with E-state index in [1.54, 1.807) is 6.33 Å². The first-order valence-corrected chi connectivity index (χ1v) is 11.6. The number of aromatic nitrogens is 2. The van der Waals surface area contributed by atoms with E-state index in [2.05, 4.69) is 27.9 Å². The van der Waals surface area contributed by atoms with Crippen LogP contribution in [0.4, 0.5) is 0 Å². The third-order valence-corrected chi connectivity index (χ3v) is 7.01. The first-order valence-electron chi connectivity index (χ1n) is 9.31. The molecule has 1 aromatic rings. The highest BCUT2D eigenvalue weighted by Crippen LogP contribution is 2.42. The van der Waals surface area contributed by atoms with Crippen molar-refractivity contribution in [3.05, 3.63) is 63.3 Å². The molecule has 0 fully saturated rings. The Labute approximate surface area is 172 Å². The van der Waals surface area contributed by atoms with Crippen LogP contribution in [0.2, 0.25) is 0 Å². The zero-order valence-electron chi connectivity index (χ0n) is 17.2. The van der Waals surface area contributed by atoms with Gasteiger partial charge in [0.15, 0.2) is 0 Å². The fraction of sp³-hybridized carbons (Fsp3) is 0.429. The van der Waals surface area contributed by atoms with E-state index in [1.165, 1.54) is 18.6 Å². The smallest absolute Gasteiger partial charge is 0.223 e. The van der Waals surface area contributed by atoms with Gasteiger partial charge in [-0.3, -0.25) is 0 Å². The summed E-state index contributed by atoms with van der Waals surface area (Å²) in [4.78, 5) is 4.65. The highest BCUT2D eigenvalue weighted by molar-refractivity contribution is 7.93. The number of rotatable bonds is 7. The predicted molar refractivity (Wildman–Crippen MR) is 118 cm³/mol. The quantitative estimate of drug-likeness (QED) is 0.630. The molecule has 0 radical (unpaired) electrons. The number of hydrogen-bond donors (Lipinski definition) is 1. The van der Waals surface area contributed by atoms with Gasteiger partial charge in [-0.15, -0.1) is 0 Å². The van der Waals surface area contributed by atoms with Gasteiger partial charge in [-0.1, -0.05) is 49.8 Å². The van der Waals surface area contributed by atoms with E-state index in [4.69, 9.17) is 0 Å². The van der Waals surface area contributed by atoms with Gasteiger partial charge in [0.25, 0.3) is 0 Å². The monoisotopic (exact) mass is 419 g/mol. The van der Waals surface area contributed by atoms with Crippen molar-refractivity contribution in [3.63, 3.8) is 0 Å². The Morgan fingerprint density at radius 2 is 2.00 bits per heavy atom. The summed E-state index contributed by atoms with van der Waals surface area (Å²) in [5, 5.41) is 0.882. The number of hydrogen-bond acceptors (Lipinski definition) is 5. The number of nitrogens with zero attached hydrogens (tertiary/aromatic N) is 2. The summed E-state index contributed by atoms with van der Waals surface area (Å²) in [6.07, 6.45) is 15.9. The van der Waals surface area contributed by atoms with Gasteiger partial charge in [0.2, 0.25) is 10.0 Å². The van der Waals surface area contributed by atoms with E-state index >= 15 is 0 Å². The van der Waals surface area contributed by atoms with Gasteiger partial charge in [-0.2, -0.15) is 4.37 Å². The van der Waals surface area contributed by atoms with Crippen molar-refractivity contribution in [1.29, 1.82) is 0 Å². The molecule has 0 aliphatic heterocycles. The highest BCUT2D eigenvalue weighted by atomic mass is 32.2. The van der Waals surface area contributed by atoms with Gasteiger partial charge in [0.05, 0.1) is 4.91 Å². The highest BCUT2D eigenvalue weighted by Gasteiger charge is 2.33. The fourth-order valence-electron chi connectivity index (χ4n) is 3.17. The van der Waals surface area contributed by atoms with Crippen molar-refractivity contribution in [1.82, 2.24) is 14.1 Å². The van der Waals surface area contributed by atoms with E-state index in [9.17, 15) is 8.42 Å². The van der Waals surface area contributed by atoms with Crippen molar-refractivity contribution in [2.24, 2.45) is 5.41 Å². The minimum atomic E-state index is -3.42. The molecular formula is C21H29N3O2S2. The molecule has 1 aliphatic rings. The van der Waals surface area contributed by atoms with Crippen LogP contribution in [0.3, 0.4) is 0 Å². The van der Waals surface area contributed by atoms with Crippen molar-refractivity contribution in [3.8, 4) is 0 Å². The van der Waals surface area contributed by atoms with E-state index < -0.39 is 10.0 Å². The molecule has 0 bridgehead atoms. The zero-order chi connectivity index (χ0) is 20.8. The Morgan fingerprint density at radius 3 is 2.64 bits per heavy atom. The minimum Gasteiger partial charge on any atom is -0.223 e. The molecule has 2 rings (SSSR count). The Balaban J connectivity index is 2.21. The summed E-state index contributed by atoms with van der Waals surface area (Å²) < 4.78 is 31.3. The normalized spacial score (nSPS) is 19.2. The predicted octanol–water partition coefficient (Wildman–Crippen LogP) is 5.01. The second-order valence-corrected chi connectivity index (χ2v) is 10.3. The number of sulfonamides is 1. The third-order valence-electron chi connectivity index (χ3n) is 4.79. The number of nitrogens with one attached hydrogen (secondary N) is 1. The summed E-state index contributed by atoms with van der Waals surface area (Å²) >= 11 is 1.36. The van der Waals surface area contributed by atoms with Gasteiger partial charge in [0.1, 0.15) is 11.3 Å². The van der Waals surface area contributed by atoms with Crippen LogP contribution < -0.4 is 4.72 Å². The van der Waals surface area contributed by atoms with Gasteiger partial charge in [0, 0.05) is 0 Å². The van der Waals surface area contributed by atoms with Crippen molar-refractivity contribution >= 4 is 27.6 Å². The molecular weight excluding hydrogens is 390 g/mol. The summed E-state index contributed by atoms with van der Waals surface area (Å²) in [6.45, 7) is 8.24. The van der Waals surface area contributed by atoms with E-state index in [-0.39, 0.29) is 5.41 Å². The lowest BCUT2D eigenvalue weighted by atomic mass is 9.75. The lowest BCUT2D eigenvalue weighted by Gasteiger charge is -2.33. The standard InChI is InChI=1S/C21H29N3O2S2/c1-16(8-6-9-17(2)14-20-23-15-24-27-20)11-12-18-19(28(25,26)22-5)10-7-13-21(18,3)4/h6,8-9,11-12,14-15,22H,7,10,13H2,1-5H3/b9-6+,12-11+,16-8+,17-14+. The van der Waals surface area contributed by atoms with Crippen LogP contribution in [0.25, 0.3) is 6.08 Å². The van der Waals surface area contributed by atoms with Crippen LogP contribution in [0, 0.1) is 5.41 Å². The van der Waals surface area contributed by atoms with E-state index in [0.29, 0.717) is 11.3 Å². The number of allylic oxidation sites excluding steroid dienone is 9.